The average Bonchev–Trinajstić information content (AvgIpc) is 2.99. The molecule has 0 aliphatic carbocycles. The minimum atomic E-state index is -0.399. The zero-order valence-electron chi connectivity index (χ0n) is 22.7. The van der Waals surface area contributed by atoms with Crippen molar-refractivity contribution in [3.8, 4) is 0 Å². The molecule has 2 heterocycles. The van der Waals surface area contributed by atoms with Gasteiger partial charge in [-0.15, -0.1) is 0 Å². The van der Waals surface area contributed by atoms with E-state index in [0.29, 0.717) is 45.9 Å². The first-order valence-electron chi connectivity index (χ1n) is 13.9. The largest absolute Gasteiger partial charge is 0.274 e. The second-order valence-corrected chi connectivity index (χ2v) is 10.4. The molecular weight excluding hydrogens is 500 g/mol. The molecule has 4 amide bonds. The fraction of sp³-hybridized carbons (Fsp3) is 0.235. The first-order valence-corrected chi connectivity index (χ1v) is 13.9. The number of aryl methyl sites for hydroxylation is 2. The Morgan fingerprint density at radius 1 is 0.425 bits per heavy atom. The molecule has 0 saturated carbocycles. The number of hydrogen-bond donors (Lipinski definition) is 0. The highest BCUT2D eigenvalue weighted by molar-refractivity contribution is 6.33. The summed E-state index contributed by atoms with van der Waals surface area (Å²) in [5, 5.41) is 0.815. The fourth-order valence-electron chi connectivity index (χ4n) is 5.75. The molecule has 200 valence electrons. The van der Waals surface area contributed by atoms with Gasteiger partial charge >= 0.3 is 0 Å². The molecule has 6 heteroatoms. The van der Waals surface area contributed by atoms with Crippen LogP contribution in [0, 0.1) is 0 Å². The van der Waals surface area contributed by atoms with Gasteiger partial charge in [-0.05, 0) is 72.2 Å². The normalized spacial score (nSPS) is 14.4. The summed E-state index contributed by atoms with van der Waals surface area (Å²) in [7, 11) is 0. The first kappa shape index (κ1) is 25.7. The molecule has 0 spiro atoms. The van der Waals surface area contributed by atoms with Gasteiger partial charge in [0.2, 0.25) is 0 Å². The third-order valence-electron chi connectivity index (χ3n) is 8.17. The maximum absolute atomic E-state index is 13.5. The van der Waals surface area contributed by atoms with Crippen LogP contribution in [0.1, 0.15) is 77.5 Å². The fourth-order valence-corrected chi connectivity index (χ4v) is 5.75. The number of carbonyl (C=O) groups excluding carboxylic acids is 4. The molecule has 0 atom stereocenters. The molecule has 0 unspecified atom stereocenters. The molecule has 2 aliphatic heterocycles. The summed E-state index contributed by atoms with van der Waals surface area (Å²) in [5.74, 6) is -1.60. The van der Waals surface area contributed by atoms with Gasteiger partial charge in [0.05, 0.1) is 0 Å². The molecule has 6 rings (SSSR count). The van der Waals surface area contributed by atoms with Crippen LogP contribution < -0.4 is 0 Å². The monoisotopic (exact) mass is 530 g/mol. The lowest BCUT2D eigenvalue weighted by atomic mass is 9.85. The molecule has 0 N–H and O–H groups in total. The number of amides is 4. The average molecular weight is 531 g/mol. The van der Waals surface area contributed by atoms with E-state index in [4.69, 9.17) is 0 Å². The predicted molar refractivity (Wildman–Crippen MR) is 154 cm³/mol. The molecule has 4 aromatic rings. The number of imide groups is 2. The number of benzene rings is 4. The van der Waals surface area contributed by atoms with Crippen LogP contribution in [0.3, 0.4) is 0 Å². The van der Waals surface area contributed by atoms with Crippen molar-refractivity contribution in [1.82, 2.24) is 9.80 Å². The summed E-state index contributed by atoms with van der Waals surface area (Å²) in [6, 6.07) is 22.9. The van der Waals surface area contributed by atoms with Crippen LogP contribution in [0.15, 0.2) is 72.8 Å². The van der Waals surface area contributed by atoms with Gasteiger partial charge in [0.1, 0.15) is 0 Å². The van der Waals surface area contributed by atoms with Gasteiger partial charge in [0, 0.05) is 46.1 Å². The van der Waals surface area contributed by atoms with Crippen molar-refractivity contribution in [3.63, 3.8) is 0 Å². The van der Waals surface area contributed by atoms with Gasteiger partial charge in [-0.1, -0.05) is 62.4 Å². The number of hydrogen-bond acceptors (Lipinski definition) is 4. The van der Waals surface area contributed by atoms with Gasteiger partial charge in [0.15, 0.2) is 0 Å². The van der Waals surface area contributed by atoms with E-state index < -0.39 is 23.6 Å². The third-order valence-corrected chi connectivity index (χ3v) is 8.17. The van der Waals surface area contributed by atoms with Crippen LogP contribution in [0.5, 0.6) is 0 Å². The van der Waals surface area contributed by atoms with Crippen molar-refractivity contribution >= 4 is 34.4 Å². The predicted octanol–water partition coefficient (Wildman–Crippen LogP) is 5.64. The van der Waals surface area contributed by atoms with Crippen molar-refractivity contribution in [2.24, 2.45) is 0 Å². The second kappa shape index (κ2) is 10.2. The second-order valence-electron chi connectivity index (χ2n) is 10.4. The lowest BCUT2D eigenvalue weighted by Gasteiger charge is -2.32. The summed E-state index contributed by atoms with van der Waals surface area (Å²) in [6.45, 7) is 4.69. The zero-order chi connectivity index (χ0) is 28.0. The number of rotatable bonds is 8. The Morgan fingerprint density at radius 3 is 0.975 bits per heavy atom. The van der Waals surface area contributed by atoms with Gasteiger partial charge in [-0.3, -0.25) is 29.0 Å². The van der Waals surface area contributed by atoms with E-state index in [-0.39, 0.29) is 13.1 Å². The van der Waals surface area contributed by atoms with Gasteiger partial charge in [-0.25, -0.2) is 0 Å². The molecule has 0 radical (unpaired) electrons. The highest BCUT2D eigenvalue weighted by Crippen LogP contribution is 2.38. The maximum atomic E-state index is 13.5. The summed E-state index contributed by atoms with van der Waals surface area (Å²) < 4.78 is 0. The van der Waals surface area contributed by atoms with Crippen LogP contribution in [0.2, 0.25) is 0 Å². The standard InChI is InChI=1S/C34H30N2O4/c1-3-21-5-9-23(10-6-21)17-19-35-31(37)25-13-15-27-30-28(16-14-26(29(25)30)32(35)38)34(40)36(33(27)39)20-18-24-11-7-22(4-2)8-12-24/h5-16H,3-4,17-20H2,1-2H3. The van der Waals surface area contributed by atoms with E-state index in [1.165, 1.54) is 20.9 Å². The first-order chi connectivity index (χ1) is 19.4. The minimum absolute atomic E-state index is 0.248. The summed E-state index contributed by atoms with van der Waals surface area (Å²) in [6.07, 6.45) is 2.99. The van der Waals surface area contributed by atoms with Gasteiger partial charge in [0.25, 0.3) is 23.6 Å². The topological polar surface area (TPSA) is 74.8 Å². The quantitative estimate of drug-likeness (QED) is 0.276. The van der Waals surface area contributed by atoms with E-state index in [9.17, 15) is 19.2 Å². The molecule has 0 aromatic heterocycles. The van der Waals surface area contributed by atoms with Crippen molar-refractivity contribution < 1.29 is 19.2 Å². The van der Waals surface area contributed by atoms with Crippen LogP contribution in [-0.2, 0) is 25.7 Å². The Labute approximate surface area is 233 Å². The summed E-state index contributed by atoms with van der Waals surface area (Å²) >= 11 is 0. The summed E-state index contributed by atoms with van der Waals surface area (Å²) in [4.78, 5) is 56.6. The SMILES string of the molecule is CCc1ccc(CCN2C(=O)c3ccc4c5c(ccc(c35)C2=O)C(=O)N(CCc2ccc(CC)cc2)C4=O)cc1. The molecule has 6 nitrogen and oxygen atoms in total. The van der Waals surface area contributed by atoms with E-state index in [2.05, 4.69) is 38.1 Å². The summed E-state index contributed by atoms with van der Waals surface area (Å²) in [5.41, 5.74) is 5.95. The maximum Gasteiger partial charge on any atom is 0.261 e. The van der Waals surface area contributed by atoms with E-state index in [0.717, 1.165) is 24.0 Å². The smallest absolute Gasteiger partial charge is 0.261 e. The molecular formula is C34H30N2O4. The lowest BCUT2D eigenvalue weighted by molar-refractivity contribution is 0.0590. The molecule has 4 aromatic carbocycles. The molecule has 0 saturated heterocycles. The van der Waals surface area contributed by atoms with E-state index >= 15 is 0 Å². The lowest BCUT2D eigenvalue weighted by Crippen LogP contribution is -2.44. The van der Waals surface area contributed by atoms with Crippen molar-refractivity contribution in [2.75, 3.05) is 13.1 Å². The van der Waals surface area contributed by atoms with Gasteiger partial charge in [-0.2, -0.15) is 0 Å². The van der Waals surface area contributed by atoms with Crippen molar-refractivity contribution in [1.29, 1.82) is 0 Å². The van der Waals surface area contributed by atoms with Crippen molar-refractivity contribution in [3.05, 3.63) is 117 Å². The Balaban J connectivity index is 1.28. The van der Waals surface area contributed by atoms with Crippen molar-refractivity contribution in [2.45, 2.75) is 39.5 Å². The van der Waals surface area contributed by atoms with E-state index in [1.807, 2.05) is 24.3 Å². The highest BCUT2D eigenvalue weighted by Gasteiger charge is 2.39. The van der Waals surface area contributed by atoms with Crippen LogP contribution in [0.4, 0.5) is 0 Å². The molecule has 40 heavy (non-hydrogen) atoms. The Hall–Kier alpha value is -4.58. The molecule has 0 bridgehead atoms. The van der Waals surface area contributed by atoms with Crippen LogP contribution >= 0.6 is 0 Å². The number of nitrogens with zero attached hydrogens (tertiary/aromatic N) is 2. The third kappa shape index (κ3) is 4.20. The Kier molecular flexibility index (Phi) is 6.54. The molecule has 0 fully saturated rings. The number of carbonyl (C=O) groups is 4. The highest BCUT2D eigenvalue weighted by atomic mass is 16.2. The van der Waals surface area contributed by atoms with Crippen LogP contribution in [0.25, 0.3) is 10.8 Å². The van der Waals surface area contributed by atoms with Crippen LogP contribution in [-0.4, -0.2) is 46.5 Å². The Morgan fingerprint density at radius 2 is 0.700 bits per heavy atom. The minimum Gasteiger partial charge on any atom is -0.274 e. The van der Waals surface area contributed by atoms with E-state index in [1.54, 1.807) is 24.3 Å². The van der Waals surface area contributed by atoms with Gasteiger partial charge < -0.3 is 0 Å². The zero-order valence-corrected chi connectivity index (χ0v) is 22.7. The molecule has 2 aliphatic rings. The Bertz CT molecular complexity index is 1490.